The molecule has 3 rings (SSSR count). The van der Waals surface area contributed by atoms with Crippen molar-refractivity contribution in [2.45, 2.75) is 13.8 Å². The van der Waals surface area contributed by atoms with E-state index >= 15 is 0 Å². The number of benzene rings is 2. The molecular formula is C17H15ClN4O2. The van der Waals surface area contributed by atoms with E-state index in [1.54, 1.807) is 30.5 Å². The molecule has 0 saturated carbocycles. The molecule has 2 aromatic carbocycles. The van der Waals surface area contributed by atoms with Crippen LogP contribution in [0.4, 0.5) is 11.4 Å². The summed E-state index contributed by atoms with van der Waals surface area (Å²) in [7, 11) is 0. The van der Waals surface area contributed by atoms with Crippen molar-refractivity contribution < 1.29 is 9.59 Å². The monoisotopic (exact) mass is 342 g/mol. The predicted molar refractivity (Wildman–Crippen MR) is 94.3 cm³/mol. The molecule has 0 fully saturated rings. The van der Waals surface area contributed by atoms with Gasteiger partial charge in [0.1, 0.15) is 0 Å². The summed E-state index contributed by atoms with van der Waals surface area (Å²) in [6, 6.07) is 8.82. The van der Waals surface area contributed by atoms with Gasteiger partial charge in [0, 0.05) is 11.1 Å². The molecule has 0 saturated heterocycles. The van der Waals surface area contributed by atoms with Crippen molar-refractivity contribution in [3.63, 3.8) is 0 Å². The Morgan fingerprint density at radius 1 is 1.08 bits per heavy atom. The maximum absolute atomic E-state index is 12.1. The number of carbonyl (C=O) groups is 2. The van der Waals surface area contributed by atoms with Crippen LogP contribution in [0.3, 0.4) is 0 Å². The maximum atomic E-state index is 12.1. The molecule has 1 heterocycles. The molecule has 7 heteroatoms. The Morgan fingerprint density at radius 2 is 1.83 bits per heavy atom. The number of fused-ring (bicyclic) bond motifs is 1. The van der Waals surface area contributed by atoms with Crippen LogP contribution < -0.4 is 10.6 Å². The normalized spacial score (nSPS) is 10.6. The number of hydrogen-bond acceptors (Lipinski definition) is 3. The fraction of sp³-hybridized carbons (Fsp3) is 0.118. The Labute approximate surface area is 143 Å². The summed E-state index contributed by atoms with van der Waals surface area (Å²) in [4.78, 5) is 24.2. The predicted octanol–water partition coefficient (Wildman–Crippen LogP) is 3.41. The van der Waals surface area contributed by atoms with Gasteiger partial charge in [0.25, 0.3) is 0 Å². The Balaban J connectivity index is 1.74. The third-order valence-electron chi connectivity index (χ3n) is 3.58. The van der Waals surface area contributed by atoms with Gasteiger partial charge in [-0.25, -0.2) is 0 Å². The Morgan fingerprint density at radius 3 is 2.58 bits per heavy atom. The maximum Gasteiger partial charge on any atom is 0.314 e. The van der Waals surface area contributed by atoms with Crippen LogP contribution in [0.25, 0.3) is 10.9 Å². The first kappa shape index (κ1) is 16.0. The quantitative estimate of drug-likeness (QED) is 0.624. The number of rotatable bonds is 2. The zero-order chi connectivity index (χ0) is 17.3. The van der Waals surface area contributed by atoms with Gasteiger partial charge in [-0.2, -0.15) is 5.10 Å². The van der Waals surface area contributed by atoms with E-state index in [0.29, 0.717) is 16.4 Å². The molecular weight excluding hydrogens is 328 g/mol. The van der Waals surface area contributed by atoms with E-state index in [2.05, 4.69) is 20.8 Å². The number of aryl methyl sites for hydroxylation is 2. The van der Waals surface area contributed by atoms with Crippen molar-refractivity contribution in [2.75, 3.05) is 10.6 Å². The van der Waals surface area contributed by atoms with Crippen molar-refractivity contribution in [1.82, 2.24) is 10.2 Å². The molecule has 0 atom stereocenters. The minimum absolute atomic E-state index is 0.396. The minimum atomic E-state index is -0.784. The van der Waals surface area contributed by atoms with Crippen LogP contribution in [0.5, 0.6) is 0 Å². The van der Waals surface area contributed by atoms with E-state index in [4.69, 9.17) is 11.6 Å². The number of nitrogens with one attached hydrogen (secondary N) is 3. The van der Waals surface area contributed by atoms with Gasteiger partial charge in [-0.05, 0) is 49.2 Å². The van der Waals surface area contributed by atoms with Crippen molar-refractivity contribution in [1.29, 1.82) is 0 Å². The Hall–Kier alpha value is -2.86. The number of amides is 2. The number of H-pyrrole nitrogens is 1. The van der Waals surface area contributed by atoms with Crippen molar-refractivity contribution in [3.05, 3.63) is 52.7 Å². The molecule has 0 radical (unpaired) electrons. The summed E-state index contributed by atoms with van der Waals surface area (Å²) in [5, 5.41) is 13.1. The van der Waals surface area contributed by atoms with E-state index in [1.807, 2.05) is 19.9 Å². The second-order valence-corrected chi connectivity index (χ2v) is 5.93. The summed E-state index contributed by atoms with van der Waals surface area (Å²) in [6.45, 7) is 3.72. The van der Waals surface area contributed by atoms with Gasteiger partial charge in [-0.1, -0.05) is 17.7 Å². The summed E-state index contributed by atoms with van der Waals surface area (Å²) in [6.07, 6.45) is 1.68. The van der Waals surface area contributed by atoms with Gasteiger partial charge in [-0.3, -0.25) is 14.7 Å². The van der Waals surface area contributed by atoms with Crippen molar-refractivity contribution in [2.24, 2.45) is 0 Å². The first-order valence-electron chi connectivity index (χ1n) is 7.26. The topological polar surface area (TPSA) is 86.9 Å². The summed E-state index contributed by atoms with van der Waals surface area (Å²) >= 11 is 6.14. The second-order valence-electron chi connectivity index (χ2n) is 5.52. The molecule has 24 heavy (non-hydrogen) atoms. The van der Waals surface area contributed by atoms with E-state index in [1.165, 1.54) is 0 Å². The molecule has 2 amide bonds. The van der Waals surface area contributed by atoms with Gasteiger partial charge in [0.05, 0.1) is 22.4 Å². The number of carbonyl (C=O) groups excluding carboxylic acids is 2. The average molecular weight is 343 g/mol. The molecule has 0 aliphatic carbocycles. The molecule has 3 N–H and O–H groups in total. The molecule has 0 aliphatic rings. The van der Waals surface area contributed by atoms with Crippen LogP contribution in [0.2, 0.25) is 5.02 Å². The van der Waals surface area contributed by atoms with E-state index in [0.717, 1.165) is 22.0 Å². The number of aromatic amines is 1. The fourth-order valence-electron chi connectivity index (χ4n) is 2.45. The molecule has 0 aliphatic heterocycles. The highest BCUT2D eigenvalue weighted by molar-refractivity contribution is 6.45. The standard InChI is InChI=1S/C17H15ClN4O2/c1-9-5-10(2)15(13(18)6-9)21-17(24)16(23)20-12-4-3-11-8-19-22-14(11)7-12/h3-8H,1-2H3,(H,19,22)(H,20,23)(H,21,24). The lowest BCUT2D eigenvalue weighted by molar-refractivity contribution is -0.133. The highest BCUT2D eigenvalue weighted by Gasteiger charge is 2.17. The zero-order valence-electron chi connectivity index (χ0n) is 13.1. The molecule has 0 spiro atoms. The van der Waals surface area contributed by atoms with Crippen LogP contribution in [0.15, 0.2) is 36.5 Å². The zero-order valence-corrected chi connectivity index (χ0v) is 13.9. The SMILES string of the molecule is Cc1cc(C)c(NC(=O)C(=O)Nc2ccc3cn[nH]c3c2)c(Cl)c1. The van der Waals surface area contributed by atoms with Crippen LogP contribution >= 0.6 is 11.6 Å². The van der Waals surface area contributed by atoms with Crippen molar-refractivity contribution in [3.8, 4) is 0 Å². The largest absolute Gasteiger partial charge is 0.318 e. The lowest BCUT2D eigenvalue weighted by atomic mass is 10.1. The molecule has 1 aromatic heterocycles. The Kier molecular flexibility index (Phi) is 4.22. The third kappa shape index (κ3) is 3.23. The van der Waals surface area contributed by atoms with E-state index < -0.39 is 11.8 Å². The molecule has 6 nitrogen and oxygen atoms in total. The van der Waals surface area contributed by atoms with Gasteiger partial charge < -0.3 is 10.6 Å². The van der Waals surface area contributed by atoms with Crippen LogP contribution in [-0.4, -0.2) is 22.0 Å². The second kappa shape index (κ2) is 6.33. The first-order chi connectivity index (χ1) is 11.4. The average Bonchev–Trinajstić information content (AvgIpc) is 2.98. The summed E-state index contributed by atoms with van der Waals surface area (Å²) < 4.78 is 0. The fourth-order valence-corrected chi connectivity index (χ4v) is 2.82. The van der Waals surface area contributed by atoms with Crippen LogP contribution in [0, 0.1) is 13.8 Å². The number of aromatic nitrogens is 2. The third-order valence-corrected chi connectivity index (χ3v) is 3.87. The van der Waals surface area contributed by atoms with Gasteiger partial charge >= 0.3 is 11.8 Å². The summed E-state index contributed by atoms with van der Waals surface area (Å²) in [5.41, 5.74) is 3.48. The smallest absolute Gasteiger partial charge is 0.314 e. The van der Waals surface area contributed by atoms with Crippen LogP contribution in [0.1, 0.15) is 11.1 Å². The first-order valence-corrected chi connectivity index (χ1v) is 7.64. The minimum Gasteiger partial charge on any atom is -0.318 e. The van der Waals surface area contributed by atoms with Gasteiger partial charge in [-0.15, -0.1) is 0 Å². The lowest BCUT2D eigenvalue weighted by Gasteiger charge is -2.11. The molecule has 0 bridgehead atoms. The van der Waals surface area contributed by atoms with E-state index in [-0.39, 0.29) is 0 Å². The Bertz CT molecular complexity index is 926. The lowest BCUT2D eigenvalue weighted by Crippen LogP contribution is -2.29. The number of halogens is 1. The van der Waals surface area contributed by atoms with Gasteiger partial charge in [0.15, 0.2) is 0 Å². The molecule has 3 aromatic rings. The molecule has 0 unspecified atom stereocenters. The van der Waals surface area contributed by atoms with Crippen LogP contribution in [-0.2, 0) is 9.59 Å². The van der Waals surface area contributed by atoms with Gasteiger partial charge in [0.2, 0.25) is 0 Å². The highest BCUT2D eigenvalue weighted by Crippen LogP contribution is 2.27. The number of anilines is 2. The number of nitrogens with zero attached hydrogens (tertiary/aromatic N) is 1. The highest BCUT2D eigenvalue weighted by atomic mass is 35.5. The van der Waals surface area contributed by atoms with E-state index in [9.17, 15) is 9.59 Å². The number of hydrogen-bond donors (Lipinski definition) is 3. The van der Waals surface area contributed by atoms with Crippen molar-refractivity contribution >= 4 is 45.7 Å². The molecule has 122 valence electrons. The summed E-state index contributed by atoms with van der Waals surface area (Å²) in [5.74, 6) is -1.56.